The number of anilines is 1. The fraction of sp³-hybridized carbons (Fsp3) is 0.273. The van der Waals surface area contributed by atoms with E-state index in [0.717, 1.165) is 0 Å². The van der Waals surface area contributed by atoms with E-state index in [9.17, 15) is 29.7 Å². The third-order valence-corrected chi connectivity index (χ3v) is 5.95. The molecular weight excluding hydrogens is 593 g/mol. The van der Waals surface area contributed by atoms with Crippen LogP contribution in [0.2, 0.25) is 5.02 Å². The molecule has 3 rings (SSSR count). The number of amides is 2. The minimum absolute atomic E-state index is 0.162. The molecule has 0 fully saturated rings. The van der Waals surface area contributed by atoms with Crippen LogP contribution in [0.1, 0.15) is 28.4 Å². The summed E-state index contributed by atoms with van der Waals surface area (Å²) in [6.45, 7) is 0.201. The molecule has 1 aliphatic heterocycles. The Morgan fingerprint density at radius 3 is 2.71 bits per heavy atom. The van der Waals surface area contributed by atoms with Crippen LogP contribution in [0, 0.1) is 3.57 Å². The molecule has 0 radical (unpaired) electrons. The maximum absolute atomic E-state index is 12.6. The van der Waals surface area contributed by atoms with E-state index in [-0.39, 0.29) is 28.4 Å². The maximum atomic E-state index is 12.6. The number of carbonyl (C=O) groups is 3. The van der Waals surface area contributed by atoms with Gasteiger partial charge in [-0.2, -0.15) is 0 Å². The number of aliphatic hydroxyl groups is 1. The van der Waals surface area contributed by atoms with Gasteiger partial charge < -0.3 is 36.6 Å². The number of phenolic OH excluding ortho intramolecular Hbond substituents is 1. The number of nitrogens with zero attached hydrogens (tertiary/aromatic N) is 1. The van der Waals surface area contributed by atoms with E-state index < -0.39 is 42.9 Å². The quantitative estimate of drug-likeness (QED) is 0.219. The smallest absolute Gasteiger partial charge is 0.305 e. The lowest BCUT2D eigenvalue weighted by atomic mass is 10.0. The molecule has 186 valence electrons. The van der Waals surface area contributed by atoms with Gasteiger partial charge in [0.1, 0.15) is 5.75 Å². The van der Waals surface area contributed by atoms with Crippen molar-refractivity contribution in [3.05, 3.63) is 56.1 Å². The minimum atomic E-state index is -1.19. The van der Waals surface area contributed by atoms with E-state index in [1.54, 1.807) is 24.3 Å². The van der Waals surface area contributed by atoms with E-state index in [0.29, 0.717) is 21.8 Å². The van der Waals surface area contributed by atoms with E-state index in [4.69, 9.17) is 11.6 Å². The summed E-state index contributed by atoms with van der Waals surface area (Å²) in [4.78, 5) is 40.5. The van der Waals surface area contributed by atoms with Crippen LogP contribution in [-0.2, 0) is 9.59 Å². The number of hydrogen-bond acceptors (Lipinski definition) is 8. The van der Waals surface area contributed by atoms with Crippen molar-refractivity contribution in [1.29, 1.82) is 0 Å². The predicted octanol–water partition coefficient (Wildman–Crippen LogP) is 1.44. The lowest BCUT2D eigenvalue weighted by Crippen LogP contribution is -2.42. The van der Waals surface area contributed by atoms with Crippen molar-refractivity contribution in [3.8, 4) is 5.75 Å². The number of rotatable bonds is 8. The molecular formula is C22H23ClIN5O6. The first-order chi connectivity index (χ1) is 16.6. The Labute approximate surface area is 219 Å². The van der Waals surface area contributed by atoms with Crippen molar-refractivity contribution in [3.63, 3.8) is 0 Å². The molecule has 35 heavy (non-hydrogen) atoms. The van der Waals surface area contributed by atoms with E-state index in [2.05, 4.69) is 26.3 Å². The van der Waals surface area contributed by atoms with Crippen LogP contribution >= 0.6 is 34.2 Å². The summed E-state index contributed by atoms with van der Waals surface area (Å²) < 4.78 is 0.405. The molecule has 0 aliphatic carbocycles. The normalized spacial score (nSPS) is 15.9. The minimum Gasteiger partial charge on any atom is -0.506 e. The molecule has 11 nitrogen and oxygen atoms in total. The topological polar surface area (TPSA) is 172 Å². The van der Waals surface area contributed by atoms with Gasteiger partial charge in [-0.05, 0) is 52.9 Å². The number of aliphatic carboxylic acids is 1. The number of β-amino-alcohol motifs (C(OH)–C–C–N with tert-alkyl or cyclic N) is 1. The van der Waals surface area contributed by atoms with E-state index >= 15 is 0 Å². The Morgan fingerprint density at radius 2 is 2.03 bits per heavy atom. The summed E-state index contributed by atoms with van der Waals surface area (Å²) >= 11 is 7.88. The highest BCUT2D eigenvalue weighted by Gasteiger charge is 2.23. The lowest BCUT2D eigenvalue weighted by molar-refractivity contribution is -0.137. The van der Waals surface area contributed by atoms with Crippen molar-refractivity contribution >= 4 is 63.6 Å². The summed E-state index contributed by atoms with van der Waals surface area (Å²) in [5, 5.41) is 40.3. The monoisotopic (exact) mass is 615 g/mol. The summed E-state index contributed by atoms with van der Waals surface area (Å²) in [5.41, 5.74) is 1.02. The Balaban J connectivity index is 1.62. The lowest BCUT2D eigenvalue weighted by Gasteiger charge is -2.20. The first kappa shape index (κ1) is 26.5. The standard InChI is InChI=1S/C22H23ClIN5O6/c23-12-5-15(20(34)16(24)6-12)17(7-19(32)33)29-18(31)10-25-21(35)11-2-1-3-13(4-11)28-22-26-8-14(30)9-27-22/h1-6,14,17,30,34H,7-10H2,(H,25,35)(H,29,31)(H,32,33)(H2,26,27,28). The van der Waals surface area contributed by atoms with Crippen molar-refractivity contribution in [2.24, 2.45) is 4.99 Å². The molecule has 0 bridgehead atoms. The number of hydrogen-bond donors (Lipinski definition) is 7. The number of benzene rings is 2. The molecule has 2 aromatic rings. The summed E-state index contributed by atoms with van der Waals surface area (Å²) in [7, 11) is 0. The largest absolute Gasteiger partial charge is 0.506 e. The Hall–Kier alpha value is -3.10. The Bertz CT molecular complexity index is 1160. The fourth-order valence-electron chi connectivity index (χ4n) is 3.26. The first-order valence-corrected chi connectivity index (χ1v) is 11.9. The number of carboxylic acid groups (broad SMARTS) is 1. The number of carbonyl (C=O) groups excluding carboxylic acids is 2. The number of carboxylic acids is 1. The van der Waals surface area contributed by atoms with E-state index in [1.165, 1.54) is 12.1 Å². The highest BCUT2D eigenvalue weighted by molar-refractivity contribution is 14.1. The highest BCUT2D eigenvalue weighted by atomic mass is 127. The van der Waals surface area contributed by atoms with Crippen molar-refractivity contribution in [2.75, 3.05) is 25.0 Å². The number of aromatic hydroxyl groups is 1. The number of guanidine groups is 1. The summed E-state index contributed by atoms with van der Waals surface area (Å²) in [6.07, 6.45) is -1.04. The van der Waals surface area contributed by atoms with Crippen LogP contribution < -0.4 is 21.3 Å². The molecule has 2 aromatic carbocycles. The van der Waals surface area contributed by atoms with Crippen LogP contribution in [0.3, 0.4) is 0 Å². The zero-order valence-corrected chi connectivity index (χ0v) is 21.1. The molecule has 13 heteroatoms. The number of nitrogens with one attached hydrogen (secondary N) is 4. The average Bonchev–Trinajstić information content (AvgIpc) is 2.81. The second-order valence-electron chi connectivity index (χ2n) is 7.66. The molecule has 7 N–H and O–H groups in total. The van der Waals surface area contributed by atoms with Crippen LogP contribution in [0.15, 0.2) is 41.4 Å². The van der Waals surface area contributed by atoms with Gasteiger partial charge in [0.05, 0.1) is 35.2 Å². The fourth-order valence-corrected chi connectivity index (χ4v) is 4.32. The average molecular weight is 616 g/mol. The van der Waals surface area contributed by atoms with Crippen molar-refractivity contribution in [2.45, 2.75) is 18.6 Å². The molecule has 1 aliphatic rings. The van der Waals surface area contributed by atoms with Crippen LogP contribution in [-0.4, -0.2) is 64.8 Å². The molecule has 0 saturated carbocycles. The third kappa shape index (κ3) is 7.70. The first-order valence-electron chi connectivity index (χ1n) is 10.4. The van der Waals surface area contributed by atoms with Crippen LogP contribution in [0.25, 0.3) is 0 Å². The van der Waals surface area contributed by atoms with Crippen LogP contribution in [0.5, 0.6) is 5.75 Å². The number of aliphatic hydroxyl groups excluding tert-OH is 1. The molecule has 2 amide bonds. The zero-order chi connectivity index (χ0) is 25.5. The molecule has 1 heterocycles. The van der Waals surface area contributed by atoms with Gasteiger partial charge in [-0.25, -0.2) is 0 Å². The molecule has 1 unspecified atom stereocenters. The van der Waals surface area contributed by atoms with Gasteiger partial charge in [0, 0.05) is 28.4 Å². The zero-order valence-electron chi connectivity index (χ0n) is 18.2. The Kier molecular flexibility index (Phi) is 9.12. The van der Waals surface area contributed by atoms with Crippen molar-refractivity contribution < 1.29 is 29.7 Å². The Morgan fingerprint density at radius 1 is 1.26 bits per heavy atom. The second-order valence-corrected chi connectivity index (χ2v) is 9.25. The predicted molar refractivity (Wildman–Crippen MR) is 138 cm³/mol. The second kappa shape index (κ2) is 12.0. The van der Waals surface area contributed by atoms with Gasteiger partial charge in [0.25, 0.3) is 5.91 Å². The molecule has 0 saturated heterocycles. The number of phenols is 1. The molecule has 2 atom stereocenters. The third-order valence-electron chi connectivity index (χ3n) is 4.91. The van der Waals surface area contributed by atoms with Gasteiger partial charge in [-0.1, -0.05) is 17.7 Å². The van der Waals surface area contributed by atoms with Gasteiger partial charge in [-0.15, -0.1) is 0 Å². The summed E-state index contributed by atoms with van der Waals surface area (Å²) in [5.74, 6) is -2.07. The van der Waals surface area contributed by atoms with Gasteiger partial charge in [0.2, 0.25) is 5.91 Å². The molecule has 0 aromatic heterocycles. The highest BCUT2D eigenvalue weighted by Crippen LogP contribution is 2.34. The van der Waals surface area contributed by atoms with Gasteiger partial charge in [-0.3, -0.25) is 19.4 Å². The van der Waals surface area contributed by atoms with Gasteiger partial charge in [0.15, 0.2) is 5.96 Å². The van der Waals surface area contributed by atoms with Gasteiger partial charge >= 0.3 is 5.97 Å². The van der Waals surface area contributed by atoms with Crippen LogP contribution in [0.4, 0.5) is 5.69 Å². The molecule has 0 spiro atoms. The SMILES string of the molecule is O=C(O)CC(NC(=O)CNC(=O)c1cccc(NC2=NC[C@H](O)CN2)c1)c1cc(Cl)cc(I)c1O. The number of halogens is 2. The van der Waals surface area contributed by atoms with Crippen molar-refractivity contribution in [1.82, 2.24) is 16.0 Å². The van der Waals surface area contributed by atoms with E-state index in [1.807, 2.05) is 22.6 Å². The maximum Gasteiger partial charge on any atom is 0.305 e. The number of aliphatic imine (C=N–C) groups is 1. The summed E-state index contributed by atoms with van der Waals surface area (Å²) in [6, 6.07) is 8.36.